The van der Waals surface area contributed by atoms with E-state index in [1.54, 1.807) is 0 Å². The molecule has 1 atom stereocenters. The van der Waals surface area contributed by atoms with Gasteiger partial charge in [-0.25, -0.2) is 0 Å². The fraction of sp³-hybridized carbons (Fsp3) is 0.500. The smallest absolute Gasteiger partial charge is 0.0471 e. The van der Waals surface area contributed by atoms with Gasteiger partial charge in [0, 0.05) is 43.8 Å². The predicted octanol–water partition coefficient (Wildman–Crippen LogP) is 1.24. The van der Waals surface area contributed by atoms with Crippen molar-refractivity contribution in [1.29, 1.82) is 0 Å². The maximum absolute atomic E-state index is 5.89. The molecule has 0 bridgehead atoms. The standard InChI is InChI=1S/C12H18ClN3/c13-11-3-1-10(2-4-11)12(9-14)16-7-5-15-6-8-16/h1-4,12,15H,5-9,14H2. The van der Waals surface area contributed by atoms with Crippen LogP contribution in [0.15, 0.2) is 24.3 Å². The van der Waals surface area contributed by atoms with Gasteiger partial charge in [0.1, 0.15) is 0 Å². The van der Waals surface area contributed by atoms with Crippen molar-refractivity contribution in [2.24, 2.45) is 5.73 Å². The Balaban J connectivity index is 2.11. The second kappa shape index (κ2) is 5.64. The second-order valence-corrected chi connectivity index (χ2v) is 4.53. The van der Waals surface area contributed by atoms with Gasteiger partial charge >= 0.3 is 0 Å². The van der Waals surface area contributed by atoms with Crippen LogP contribution in [0.4, 0.5) is 0 Å². The van der Waals surface area contributed by atoms with E-state index >= 15 is 0 Å². The van der Waals surface area contributed by atoms with E-state index in [0.29, 0.717) is 12.6 Å². The van der Waals surface area contributed by atoms with Crippen LogP contribution in [0.1, 0.15) is 11.6 Å². The lowest BCUT2D eigenvalue weighted by atomic mass is 10.0. The largest absolute Gasteiger partial charge is 0.329 e. The topological polar surface area (TPSA) is 41.3 Å². The van der Waals surface area contributed by atoms with Gasteiger partial charge in [0.05, 0.1) is 0 Å². The van der Waals surface area contributed by atoms with Gasteiger partial charge in [-0.2, -0.15) is 0 Å². The molecular weight excluding hydrogens is 222 g/mol. The molecule has 0 aromatic heterocycles. The van der Waals surface area contributed by atoms with Crippen LogP contribution < -0.4 is 11.1 Å². The molecular formula is C12H18ClN3. The second-order valence-electron chi connectivity index (χ2n) is 4.09. The van der Waals surface area contributed by atoms with Crippen molar-refractivity contribution in [3.8, 4) is 0 Å². The quantitative estimate of drug-likeness (QED) is 0.834. The van der Waals surface area contributed by atoms with Crippen LogP contribution in [0.5, 0.6) is 0 Å². The minimum absolute atomic E-state index is 0.319. The summed E-state index contributed by atoms with van der Waals surface area (Å²) in [4.78, 5) is 2.43. The molecule has 16 heavy (non-hydrogen) atoms. The zero-order valence-corrected chi connectivity index (χ0v) is 10.1. The Hall–Kier alpha value is -0.610. The molecule has 1 aromatic carbocycles. The molecule has 1 aliphatic heterocycles. The molecule has 0 saturated carbocycles. The van der Waals surface area contributed by atoms with Gasteiger partial charge in [0.15, 0.2) is 0 Å². The lowest BCUT2D eigenvalue weighted by Gasteiger charge is -2.34. The zero-order chi connectivity index (χ0) is 11.4. The number of benzene rings is 1. The molecule has 1 heterocycles. The summed E-state index contributed by atoms with van der Waals surface area (Å²) in [6.07, 6.45) is 0. The van der Waals surface area contributed by atoms with Gasteiger partial charge in [0.25, 0.3) is 0 Å². The highest BCUT2D eigenvalue weighted by Crippen LogP contribution is 2.21. The molecule has 4 heteroatoms. The Bertz CT molecular complexity index is 320. The first-order valence-corrected chi connectivity index (χ1v) is 6.09. The van der Waals surface area contributed by atoms with E-state index in [0.717, 1.165) is 31.2 Å². The third-order valence-corrected chi connectivity index (χ3v) is 3.32. The van der Waals surface area contributed by atoms with Crippen molar-refractivity contribution in [2.45, 2.75) is 6.04 Å². The molecule has 2 rings (SSSR count). The third kappa shape index (κ3) is 2.74. The monoisotopic (exact) mass is 239 g/mol. The van der Waals surface area contributed by atoms with Crippen molar-refractivity contribution in [3.63, 3.8) is 0 Å². The SMILES string of the molecule is NCC(c1ccc(Cl)cc1)N1CCNCC1. The van der Waals surface area contributed by atoms with Crippen molar-refractivity contribution in [3.05, 3.63) is 34.9 Å². The first kappa shape index (κ1) is 11.9. The normalized spacial score (nSPS) is 19.6. The van der Waals surface area contributed by atoms with Gasteiger partial charge < -0.3 is 11.1 Å². The van der Waals surface area contributed by atoms with Gasteiger partial charge in [-0.05, 0) is 17.7 Å². The molecule has 1 fully saturated rings. The summed E-state index contributed by atoms with van der Waals surface area (Å²) < 4.78 is 0. The molecule has 3 nitrogen and oxygen atoms in total. The van der Waals surface area contributed by atoms with Crippen LogP contribution in [0.3, 0.4) is 0 Å². The van der Waals surface area contributed by atoms with Crippen molar-refractivity contribution in [2.75, 3.05) is 32.7 Å². The first-order valence-electron chi connectivity index (χ1n) is 5.71. The third-order valence-electron chi connectivity index (χ3n) is 3.07. The summed E-state index contributed by atoms with van der Waals surface area (Å²) >= 11 is 5.89. The lowest BCUT2D eigenvalue weighted by molar-refractivity contribution is 0.178. The average Bonchev–Trinajstić information content (AvgIpc) is 2.34. The number of rotatable bonds is 3. The molecule has 0 amide bonds. The van der Waals surface area contributed by atoms with Crippen molar-refractivity contribution >= 4 is 11.6 Å². The Morgan fingerprint density at radius 3 is 2.44 bits per heavy atom. The minimum Gasteiger partial charge on any atom is -0.329 e. The molecule has 0 spiro atoms. The molecule has 1 saturated heterocycles. The van der Waals surface area contributed by atoms with Crippen LogP contribution in [0.2, 0.25) is 5.02 Å². The Morgan fingerprint density at radius 1 is 1.25 bits per heavy atom. The maximum Gasteiger partial charge on any atom is 0.0471 e. The van der Waals surface area contributed by atoms with E-state index < -0.39 is 0 Å². The molecule has 1 aliphatic rings. The molecule has 0 radical (unpaired) electrons. The van der Waals surface area contributed by atoms with E-state index in [2.05, 4.69) is 22.3 Å². The number of nitrogens with zero attached hydrogens (tertiary/aromatic N) is 1. The predicted molar refractivity (Wildman–Crippen MR) is 67.7 cm³/mol. The highest BCUT2D eigenvalue weighted by Gasteiger charge is 2.20. The Morgan fingerprint density at radius 2 is 1.88 bits per heavy atom. The Kier molecular flexibility index (Phi) is 4.18. The molecule has 1 aromatic rings. The highest BCUT2D eigenvalue weighted by atomic mass is 35.5. The molecule has 1 unspecified atom stereocenters. The number of piperazine rings is 1. The van der Waals surface area contributed by atoms with Crippen LogP contribution >= 0.6 is 11.6 Å². The van der Waals surface area contributed by atoms with E-state index in [-0.39, 0.29) is 0 Å². The number of halogens is 1. The summed E-state index contributed by atoms with van der Waals surface area (Å²) in [5.74, 6) is 0. The summed E-state index contributed by atoms with van der Waals surface area (Å²) in [6.45, 7) is 4.87. The lowest BCUT2D eigenvalue weighted by Crippen LogP contribution is -2.46. The zero-order valence-electron chi connectivity index (χ0n) is 9.32. The van der Waals surface area contributed by atoms with Crippen molar-refractivity contribution < 1.29 is 0 Å². The minimum atomic E-state index is 0.319. The summed E-state index contributed by atoms with van der Waals surface area (Å²) in [5.41, 5.74) is 7.14. The summed E-state index contributed by atoms with van der Waals surface area (Å²) in [7, 11) is 0. The average molecular weight is 240 g/mol. The van der Waals surface area contributed by atoms with Gasteiger partial charge in [-0.1, -0.05) is 23.7 Å². The number of nitrogens with one attached hydrogen (secondary N) is 1. The summed E-state index contributed by atoms with van der Waals surface area (Å²) in [5, 5.41) is 4.13. The maximum atomic E-state index is 5.89. The van der Waals surface area contributed by atoms with E-state index in [1.807, 2.05) is 12.1 Å². The fourth-order valence-corrected chi connectivity index (χ4v) is 2.30. The van der Waals surface area contributed by atoms with Crippen LogP contribution in [-0.2, 0) is 0 Å². The number of hydrogen-bond acceptors (Lipinski definition) is 3. The van der Waals surface area contributed by atoms with E-state index in [1.165, 1.54) is 5.56 Å². The highest BCUT2D eigenvalue weighted by molar-refractivity contribution is 6.30. The van der Waals surface area contributed by atoms with Gasteiger partial charge in [-0.15, -0.1) is 0 Å². The van der Waals surface area contributed by atoms with Crippen LogP contribution in [0, 0.1) is 0 Å². The number of hydrogen-bond donors (Lipinski definition) is 2. The van der Waals surface area contributed by atoms with Gasteiger partial charge in [0.2, 0.25) is 0 Å². The van der Waals surface area contributed by atoms with E-state index in [9.17, 15) is 0 Å². The fourth-order valence-electron chi connectivity index (χ4n) is 2.17. The number of nitrogens with two attached hydrogens (primary N) is 1. The van der Waals surface area contributed by atoms with Crippen LogP contribution in [-0.4, -0.2) is 37.6 Å². The first-order chi connectivity index (χ1) is 7.81. The molecule has 88 valence electrons. The molecule has 3 N–H and O–H groups in total. The van der Waals surface area contributed by atoms with E-state index in [4.69, 9.17) is 17.3 Å². The summed E-state index contributed by atoms with van der Waals surface area (Å²) in [6, 6.07) is 8.33. The van der Waals surface area contributed by atoms with Crippen LogP contribution in [0.25, 0.3) is 0 Å². The molecule has 0 aliphatic carbocycles. The van der Waals surface area contributed by atoms with Gasteiger partial charge in [-0.3, -0.25) is 4.90 Å². The Labute approximate surface area is 102 Å². The van der Waals surface area contributed by atoms with Crippen molar-refractivity contribution in [1.82, 2.24) is 10.2 Å².